The predicted molar refractivity (Wildman–Crippen MR) is 75.4 cm³/mol. The molecule has 9 nitrogen and oxygen atoms in total. The average molecular weight is 328 g/mol. The van der Waals surface area contributed by atoms with Gasteiger partial charge in [-0.1, -0.05) is 0 Å². The van der Waals surface area contributed by atoms with Gasteiger partial charge in [0.25, 0.3) is 0 Å². The van der Waals surface area contributed by atoms with E-state index in [4.69, 9.17) is 14.6 Å². The van der Waals surface area contributed by atoms with Gasteiger partial charge < -0.3 is 24.8 Å². The Bertz CT molecular complexity index is 540. The summed E-state index contributed by atoms with van der Waals surface area (Å²) in [6, 6.07) is -2.07. The minimum absolute atomic E-state index is 0.258. The molecule has 2 fully saturated rings. The molecule has 3 atom stereocenters. The van der Waals surface area contributed by atoms with Crippen LogP contribution in [0.4, 0.5) is 4.79 Å². The highest BCUT2D eigenvalue weighted by Gasteiger charge is 2.48. The summed E-state index contributed by atoms with van der Waals surface area (Å²) in [5, 5.41) is 11.3. The number of esters is 1. The summed E-state index contributed by atoms with van der Waals surface area (Å²) in [6.07, 6.45) is -1.26. The van der Waals surface area contributed by atoms with E-state index in [1.54, 1.807) is 20.8 Å². The number of carbonyl (C=O) groups is 4. The number of nitrogens with one attached hydrogen (secondary N) is 1. The average Bonchev–Trinajstić information content (AvgIpc) is 2.94. The Labute approximate surface area is 132 Å². The lowest BCUT2D eigenvalue weighted by atomic mass is 10.1. The molecule has 2 N–H and O–H groups in total. The number of fused-ring (bicyclic) bond motifs is 2. The van der Waals surface area contributed by atoms with Crippen molar-refractivity contribution in [2.45, 2.75) is 57.4 Å². The number of ether oxygens (including phenoxy) is 2. The normalized spacial score (nSPS) is 24.1. The molecular formula is C14H20N2O7. The van der Waals surface area contributed by atoms with E-state index in [-0.39, 0.29) is 12.6 Å². The standard InChI is InChI=1S/C14H20N2O7/c1-14(2,3)23-13(21)15-8(11(18)19)5-10(17)16-6-7-4-9(16)12(20)22-7/h7-9H,4-6H2,1-3H3,(H,15,21)(H,18,19)/t7-,8+,9-/m1/s1. The number of carbonyl (C=O) groups excluding carboxylic acids is 3. The molecule has 2 bridgehead atoms. The van der Waals surface area contributed by atoms with Crippen molar-refractivity contribution < 1.29 is 33.8 Å². The number of aliphatic carboxylic acids is 1. The third kappa shape index (κ3) is 4.11. The molecule has 2 rings (SSSR count). The maximum absolute atomic E-state index is 12.2. The molecule has 0 spiro atoms. The maximum Gasteiger partial charge on any atom is 0.408 e. The molecule has 2 saturated heterocycles. The predicted octanol–water partition coefficient (Wildman–Crippen LogP) is -0.119. The number of alkyl carbamates (subject to hydrolysis) is 1. The first-order chi connectivity index (χ1) is 10.6. The second-order valence-corrected chi connectivity index (χ2v) is 6.60. The van der Waals surface area contributed by atoms with Gasteiger partial charge in [-0.3, -0.25) is 4.79 Å². The van der Waals surface area contributed by atoms with E-state index in [1.807, 2.05) is 0 Å². The van der Waals surface area contributed by atoms with Gasteiger partial charge in [0.2, 0.25) is 5.91 Å². The molecule has 23 heavy (non-hydrogen) atoms. The summed E-state index contributed by atoms with van der Waals surface area (Å²) in [5.41, 5.74) is -0.783. The van der Waals surface area contributed by atoms with E-state index in [0.29, 0.717) is 6.42 Å². The highest BCUT2D eigenvalue weighted by molar-refractivity contribution is 5.91. The van der Waals surface area contributed by atoms with Crippen LogP contribution in [0.3, 0.4) is 0 Å². The fraction of sp³-hybridized carbons (Fsp3) is 0.714. The third-order valence-electron chi connectivity index (χ3n) is 3.51. The van der Waals surface area contributed by atoms with Crippen molar-refractivity contribution in [2.75, 3.05) is 6.54 Å². The van der Waals surface area contributed by atoms with Crippen LogP contribution in [0.25, 0.3) is 0 Å². The van der Waals surface area contributed by atoms with E-state index >= 15 is 0 Å². The number of hydrogen-bond acceptors (Lipinski definition) is 6. The Kier molecular flexibility index (Phi) is 4.49. The first-order valence-corrected chi connectivity index (χ1v) is 7.29. The Balaban J connectivity index is 1.94. The Hall–Kier alpha value is -2.32. The van der Waals surface area contributed by atoms with Crippen LogP contribution in [-0.4, -0.2) is 64.3 Å². The number of amides is 2. The molecule has 0 aromatic carbocycles. The molecular weight excluding hydrogens is 308 g/mol. The zero-order chi connectivity index (χ0) is 17.4. The fourth-order valence-electron chi connectivity index (χ4n) is 2.57. The third-order valence-corrected chi connectivity index (χ3v) is 3.51. The van der Waals surface area contributed by atoms with Gasteiger partial charge in [0, 0.05) is 6.42 Å². The molecule has 0 unspecified atom stereocenters. The molecule has 0 aromatic rings. The van der Waals surface area contributed by atoms with Crippen molar-refractivity contribution in [3.8, 4) is 0 Å². The Morgan fingerprint density at radius 3 is 2.57 bits per heavy atom. The number of nitrogens with zero attached hydrogens (tertiary/aromatic N) is 1. The summed E-state index contributed by atoms with van der Waals surface area (Å²) in [6.45, 7) is 5.17. The van der Waals surface area contributed by atoms with Crippen LogP contribution in [0.5, 0.6) is 0 Å². The van der Waals surface area contributed by atoms with E-state index in [0.717, 1.165) is 0 Å². The summed E-state index contributed by atoms with van der Waals surface area (Å²) in [7, 11) is 0. The Morgan fingerprint density at radius 2 is 2.09 bits per heavy atom. The second-order valence-electron chi connectivity index (χ2n) is 6.60. The molecule has 2 aliphatic heterocycles. The molecule has 2 heterocycles. The summed E-state index contributed by atoms with van der Waals surface area (Å²) < 4.78 is 9.95. The minimum atomic E-state index is -1.42. The zero-order valence-electron chi connectivity index (χ0n) is 13.2. The van der Waals surface area contributed by atoms with Gasteiger partial charge in [0.05, 0.1) is 13.0 Å². The number of carboxylic acids is 1. The highest BCUT2D eigenvalue weighted by Crippen LogP contribution is 2.29. The van der Waals surface area contributed by atoms with Gasteiger partial charge in [-0.25, -0.2) is 14.4 Å². The molecule has 2 amide bonds. The zero-order valence-corrected chi connectivity index (χ0v) is 13.2. The molecule has 0 aliphatic carbocycles. The van der Waals surface area contributed by atoms with Gasteiger partial charge >= 0.3 is 18.0 Å². The quantitative estimate of drug-likeness (QED) is 0.690. The largest absolute Gasteiger partial charge is 0.480 e. The van der Waals surface area contributed by atoms with Crippen LogP contribution >= 0.6 is 0 Å². The topological polar surface area (TPSA) is 122 Å². The Morgan fingerprint density at radius 1 is 1.43 bits per heavy atom. The van der Waals surface area contributed by atoms with Crippen molar-refractivity contribution in [2.24, 2.45) is 0 Å². The number of rotatable bonds is 4. The summed E-state index contributed by atoms with van der Waals surface area (Å²) >= 11 is 0. The first-order valence-electron chi connectivity index (χ1n) is 7.29. The smallest absolute Gasteiger partial charge is 0.408 e. The van der Waals surface area contributed by atoms with Crippen molar-refractivity contribution in [3.63, 3.8) is 0 Å². The van der Waals surface area contributed by atoms with Crippen molar-refractivity contribution in [1.29, 1.82) is 0 Å². The van der Waals surface area contributed by atoms with E-state index in [9.17, 15) is 19.2 Å². The maximum atomic E-state index is 12.2. The number of morpholine rings is 1. The lowest BCUT2D eigenvalue weighted by Crippen LogP contribution is -2.49. The van der Waals surface area contributed by atoms with Gasteiger partial charge in [0.1, 0.15) is 23.8 Å². The summed E-state index contributed by atoms with van der Waals surface area (Å²) in [5.74, 6) is -2.34. The molecule has 2 aliphatic rings. The van der Waals surface area contributed by atoms with Crippen LogP contribution in [0, 0.1) is 0 Å². The molecule has 0 radical (unpaired) electrons. The van der Waals surface area contributed by atoms with Crippen LogP contribution in [-0.2, 0) is 23.9 Å². The number of likely N-dealkylation sites (tertiary alicyclic amines) is 1. The van der Waals surface area contributed by atoms with Crippen LogP contribution < -0.4 is 5.32 Å². The number of hydrogen-bond donors (Lipinski definition) is 2. The molecule has 0 saturated carbocycles. The van der Waals surface area contributed by atoms with Crippen LogP contribution in [0.1, 0.15) is 33.6 Å². The number of carboxylic acid groups (broad SMARTS) is 1. The monoisotopic (exact) mass is 328 g/mol. The molecule has 128 valence electrons. The minimum Gasteiger partial charge on any atom is -0.480 e. The lowest BCUT2D eigenvalue weighted by Gasteiger charge is -2.27. The first kappa shape index (κ1) is 17.0. The fourth-order valence-corrected chi connectivity index (χ4v) is 2.57. The molecule has 0 aromatic heterocycles. The van der Waals surface area contributed by atoms with Crippen molar-refractivity contribution in [1.82, 2.24) is 10.2 Å². The van der Waals surface area contributed by atoms with Gasteiger partial charge in [-0.15, -0.1) is 0 Å². The van der Waals surface area contributed by atoms with E-state index in [1.165, 1.54) is 4.90 Å². The summed E-state index contributed by atoms with van der Waals surface area (Å²) in [4.78, 5) is 47.9. The van der Waals surface area contributed by atoms with Crippen molar-refractivity contribution in [3.05, 3.63) is 0 Å². The van der Waals surface area contributed by atoms with Crippen molar-refractivity contribution >= 4 is 23.9 Å². The van der Waals surface area contributed by atoms with E-state index in [2.05, 4.69) is 5.32 Å². The lowest BCUT2D eigenvalue weighted by molar-refractivity contribution is -0.157. The second kappa shape index (κ2) is 6.05. The SMILES string of the molecule is CC(C)(C)OC(=O)N[C@@H](CC(=O)N1C[C@H]2C[C@@H]1C(=O)O2)C(=O)O. The van der Waals surface area contributed by atoms with Crippen LogP contribution in [0.2, 0.25) is 0 Å². The highest BCUT2D eigenvalue weighted by atomic mass is 16.6. The molecule has 9 heteroatoms. The van der Waals surface area contributed by atoms with Gasteiger partial charge in [-0.05, 0) is 20.8 Å². The van der Waals surface area contributed by atoms with E-state index < -0.39 is 48.0 Å². The van der Waals surface area contributed by atoms with Gasteiger partial charge in [0.15, 0.2) is 0 Å². The van der Waals surface area contributed by atoms with Gasteiger partial charge in [-0.2, -0.15) is 0 Å². The van der Waals surface area contributed by atoms with Crippen LogP contribution in [0.15, 0.2) is 0 Å².